The van der Waals surface area contributed by atoms with Crippen molar-refractivity contribution in [2.45, 2.75) is 0 Å². The van der Waals surface area contributed by atoms with Gasteiger partial charge in [-0.3, -0.25) is 4.98 Å². The first-order valence-corrected chi connectivity index (χ1v) is 7.49. The number of nitrogens with one attached hydrogen (secondary N) is 1. The molecule has 0 bridgehead atoms. The lowest BCUT2D eigenvalue weighted by molar-refractivity contribution is 0.474. The molecule has 3 aromatic rings. The number of aromatic nitrogens is 1. The van der Waals surface area contributed by atoms with E-state index in [1.807, 2.05) is 18.2 Å². The average Bonchev–Trinajstić information content (AvgIpc) is 2.44. The van der Waals surface area contributed by atoms with Crippen LogP contribution in [0.4, 0.5) is 15.8 Å². The molecule has 0 saturated heterocycles. The van der Waals surface area contributed by atoms with Crippen LogP contribution in [0.15, 0.2) is 42.6 Å². The number of rotatable bonds is 2. The van der Waals surface area contributed by atoms with E-state index in [0.29, 0.717) is 5.69 Å². The molecule has 0 unspecified atom stereocenters. The van der Waals surface area contributed by atoms with Gasteiger partial charge in [0.2, 0.25) is 0 Å². The Morgan fingerprint density at radius 2 is 1.95 bits per heavy atom. The van der Waals surface area contributed by atoms with Crippen molar-refractivity contribution in [1.82, 2.24) is 4.98 Å². The van der Waals surface area contributed by atoms with E-state index in [1.165, 1.54) is 6.07 Å². The summed E-state index contributed by atoms with van der Waals surface area (Å²) in [6, 6.07) is 9.89. The molecule has 0 atom stereocenters. The van der Waals surface area contributed by atoms with Gasteiger partial charge in [-0.2, -0.15) is 0 Å². The van der Waals surface area contributed by atoms with Crippen molar-refractivity contribution in [3.63, 3.8) is 0 Å². The maximum atomic E-state index is 13.9. The molecule has 0 amide bonds. The van der Waals surface area contributed by atoms with Crippen molar-refractivity contribution < 1.29 is 9.50 Å². The highest BCUT2D eigenvalue weighted by Gasteiger charge is 2.10. The summed E-state index contributed by atoms with van der Waals surface area (Å²) in [5.74, 6) is -0.707. The normalized spacial score (nSPS) is 10.8. The van der Waals surface area contributed by atoms with Crippen LogP contribution in [-0.2, 0) is 0 Å². The van der Waals surface area contributed by atoms with Gasteiger partial charge < -0.3 is 10.4 Å². The van der Waals surface area contributed by atoms with Gasteiger partial charge in [0.1, 0.15) is 11.6 Å². The quantitative estimate of drug-likeness (QED) is 0.575. The monoisotopic (exact) mass is 414 g/mol. The van der Waals surface area contributed by atoms with Crippen LogP contribution in [0.5, 0.6) is 5.75 Å². The van der Waals surface area contributed by atoms with Crippen LogP contribution < -0.4 is 5.32 Å². The van der Waals surface area contributed by atoms with Crippen LogP contribution >= 0.6 is 34.2 Å². The van der Waals surface area contributed by atoms with Gasteiger partial charge in [-0.25, -0.2) is 4.39 Å². The number of pyridine rings is 1. The Balaban J connectivity index is 2.08. The van der Waals surface area contributed by atoms with Gasteiger partial charge in [0.25, 0.3) is 0 Å². The average molecular weight is 415 g/mol. The maximum Gasteiger partial charge on any atom is 0.148 e. The van der Waals surface area contributed by atoms with Gasteiger partial charge >= 0.3 is 0 Å². The topological polar surface area (TPSA) is 45.1 Å². The predicted molar refractivity (Wildman–Crippen MR) is 90.8 cm³/mol. The lowest BCUT2D eigenvalue weighted by Gasteiger charge is -2.11. The summed E-state index contributed by atoms with van der Waals surface area (Å²) in [6.07, 6.45) is 1.65. The molecule has 0 aliphatic rings. The van der Waals surface area contributed by atoms with Gasteiger partial charge in [0.15, 0.2) is 0 Å². The fraction of sp³-hybridized carbons (Fsp3) is 0. The van der Waals surface area contributed by atoms with E-state index in [1.54, 1.807) is 12.3 Å². The van der Waals surface area contributed by atoms with Crippen LogP contribution in [0.3, 0.4) is 0 Å². The number of hydrogen-bond donors (Lipinski definition) is 2. The largest absolute Gasteiger partial charge is 0.506 e. The number of halogens is 3. The van der Waals surface area contributed by atoms with Gasteiger partial charge in [0.05, 0.1) is 16.2 Å². The third-order valence-electron chi connectivity index (χ3n) is 3.01. The third-order valence-corrected chi connectivity index (χ3v) is 3.98. The van der Waals surface area contributed by atoms with Gasteiger partial charge in [-0.15, -0.1) is 0 Å². The van der Waals surface area contributed by atoms with Crippen molar-refractivity contribution in [1.29, 1.82) is 0 Å². The molecule has 2 N–H and O–H groups in total. The van der Waals surface area contributed by atoms with E-state index >= 15 is 0 Å². The van der Waals surface area contributed by atoms with Crippen molar-refractivity contribution in [3.05, 3.63) is 57.0 Å². The molecule has 1 heterocycles. The van der Waals surface area contributed by atoms with E-state index in [2.05, 4.69) is 32.9 Å². The lowest BCUT2D eigenvalue weighted by Crippen LogP contribution is -1.96. The van der Waals surface area contributed by atoms with E-state index in [9.17, 15) is 9.50 Å². The first kappa shape index (κ1) is 14.3. The SMILES string of the molecule is Oc1cc(Nc2ccnc3cc(I)ccc23)c(F)cc1Cl. The van der Waals surface area contributed by atoms with Crippen molar-refractivity contribution >= 4 is 56.5 Å². The second-order valence-corrected chi connectivity index (χ2v) is 6.08. The molecule has 2 aromatic carbocycles. The second-order valence-electron chi connectivity index (χ2n) is 4.43. The number of aromatic hydroxyl groups is 1. The number of phenols is 1. The summed E-state index contributed by atoms with van der Waals surface area (Å²) < 4.78 is 15.0. The first-order chi connectivity index (χ1) is 10.0. The number of fused-ring (bicyclic) bond motifs is 1. The van der Waals surface area contributed by atoms with Crippen LogP contribution in [0.25, 0.3) is 10.9 Å². The zero-order chi connectivity index (χ0) is 15.0. The molecular formula is C15H9ClFIN2O. The smallest absolute Gasteiger partial charge is 0.148 e. The van der Waals surface area contributed by atoms with Gasteiger partial charge in [-0.1, -0.05) is 11.6 Å². The fourth-order valence-electron chi connectivity index (χ4n) is 2.01. The molecule has 6 heteroatoms. The molecule has 0 saturated carbocycles. The number of hydrogen-bond acceptors (Lipinski definition) is 3. The van der Waals surface area contributed by atoms with Crippen molar-refractivity contribution in [3.8, 4) is 5.75 Å². The highest BCUT2D eigenvalue weighted by Crippen LogP contribution is 2.32. The number of anilines is 2. The molecule has 1 aromatic heterocycles. The molecule has 3 rings (SSSR count). The Bertz CT molecular complexity index is 841. The number of benzene rings is 2. The molecule has 3 nitrogen and oxygen atoms in total. The molecule has 21 heavy (non-hydrogen) atoms. The van der Waals surface area contributed by atoms with Crippen LogP contribution in [0.1, 0.15) is 0 Å². The Kier molecular flexibility index (Phi) is 3.86. The highest BCUT2D eigenvalue weighted by molar-refractivity contribution is 14.1. The highest BCUT2D eigenvalue weighted by atomic mass is 127. The summed E-state index contributed by atoms with van der Waals surface area (Å²) in [6.45, 7) is 0. The molecule has 0 aliphatic heterocycles. The molecule has 0 aliphatic carbocycles. The Hall–Kier alpha value is -1.60. The number of phenolic OH excluding ortho intramolecular Hbond substituents is 1. The van der Waals surface area contributed by atoms with E-state index in [-0.39, 0.29) is 16.5 Å². The minimum Gasteiger partial charge on any atom is -0.506 e. The lowest BCUT2D eigenvalue weighted by atomic mass is 10.2. The van der Waals surface area contributed by atoms with Crippen LogP contribution in [-0.4, -0.2) is 10.1 Å². The Morgan fingerprint density at radius 3 is 2.76 bits per heavy atom. The van der Waals surface area contributed by atoms with E-state index in [0.717, 1.165) is 20.5 Å². The molecule has 0 fully saturated rings. The van der Waals surface area contributed by atoms with E-state index in [4.69, 9.17) is 11.6 Å². The predicted octanol–water partition coefficient (Wildman–Crippen LogP) is 5.08. The third kappa shape index (κ3) is 2.89. The maximum absolute atomic E-state index is 13.9. The molecule has 0 radical (unpaired) electrons. The molecule has 0 spiro atoms. The van der Waals surface area contributed by atoms with Crippen molar-refractivity contribution in [2.24, 2.45) is 0 Å². The second kappa shape index (κ2) is 5.65. The summed E-state index contributed by atoms with van der Waals surface area (Å²) in [7, 11) is 0. The van der Waals surface area contributed by atoms with Crippen LogP contribution in [0.2, 0.25) is 5.02 Å². The summed E-state index contributed by atoms with van der Waals surface area (Å²) >= 11 is 7.88. The minimum absolute atomic E-state index is 0.0211. The number of nitrogens with zero attached hydrogens (tertiary/aromatic N) is 1. The first-order valence-electron chi connectivity index (χ1n) is 6.04. The van der Waals surface area contributed by atoms with Crippen molar-refractivity contribution in [2.75, 3.05) is 5.32 Å². The summed E-state index contributed by atoms with van der Waals surface area (Å²) in [5, 5.41) is 13.4. The summed E-state index contributed by atoms with van der Waals surface area (Å²) in [4.78, 5) is 4.29. The summed E-state index contributed by atoms with van der Waals surface area (Å²) in [5.41, 5.74) is 1.67. The Labute approximate surface area is 138 Å². The standard InChI is InChI=1S/C15H9ClFIN2O/c16-10-6-11(17)14(7-15(10)21)20-12-3-4-19-13-5-8(18)1-2-9(12)13/h1-7,21H,(H,19,20). The van der Waals surface area contributed by atoms with Crippen LogP contribution in [0, 0.1) is 9.39 Å². The zero-order valence-corrected chi connectivity index (χ0v) is 13.5. The van der Waals surface area contributed by atoms with Gasteiger partial charge in [0, 0.05) is 26.9 Å². The molecular weight excluding hydrogens is 406 g/mol. The minimum atomic E-state index is -0.534. The zero-order valence-electron chi connectivity index (χ0n) is 10.6. The Morgan fingerprint density at radius 1 is 1.14 bits per heavy atom. The van der Waals surface area contributed by atoms with E-state index < -0.39 is 5.82 Å². The van der Waals surface area contributed by atoms with Gasteiger partial charge in [-0.05, 0) is 52.9 Å². The fourth-order valence-corrected chi connectivity index (χ4v) is 2.63. The molecule has 106 valence electrons.